The van der Waals surface area contributed by atoms with Crippen LogP contribution in [0.5, 0.6) is 0 Å². The minimum atomic E-state index is 0.712. The summed E-state index contributed by atoms with van der Waals surface area (Å²) in [5, 5.41) is 0. The molecular formula is C28H26O2S6. The first-order valence-electron chi connectivity index (χ1n) is 11.5. The van der Waals surface area contributed by atoms with Crippen LogP contribution in [0.15, 0.2) is 75.3 Å². The van der Waals surface area contributed by atoms with Crippen LogP contribution in [0.25, 0.3) is 12.2 Å². The van der Waals surface area contributed by atoms with Crippen molar-refractivity contribution < 1.29 is 9.59 Å². The molecule has 0 spiro atoms. The van der Waals surface area contributed by atoms with Gasteiger partial charge in [0.25, 0.3) is 0 Å². The molecule has 0 saturated carbocycles. The lowest BCUT2D eigenvalue weighted by Gasteiger charge is -2.04. The van der Waals surface area contributed by atoms with Gasteiger partial charge in [0.2, 0.25) is 0 Å². The van der Waals surface area contributed by atoms with Gasteiger partial charge in [-0.3, -0.25) is 9.59 Å². The van der Waals surface area contributed by atoms with Crippen molar-refractivity contribution in [3.8, 4) is 0 Å². The van der Waals surface area contributed by atoms with E-state index in [4.69, 9.17) is 0 Å². The summed E-state index contributed by atoms with van der Waals surface area (Å²) in [6.45, 7) is 4.41. The normalized spacial score (nSPS) is 18.1. The Kier molecular flexibility index (Phi) is 10.9. The highest BCUT2D eigenvalue weighted by molar-refractivity contribution is 8.36. The molecule has 0 N–H and O–H groups in total. The second kappa shape index (κ2) is 14.1. The Morgan fingerprint density at radius 3 is 1.31 bits per heavy atom. The molecule has 0 fully saturated rings. The number of hydrogen-bond acceptors (Lipinski definition) is 8. The van der Waals surface area contributed by atoms with Crippen LogP contribution in [-0.2, 0) is 0 Å². The molecule has 2 aromatic rings. The summed E-state index contributed by atoms with van der Waals surface area (Å²) in [5.41, 5.74) is 3.69. The van der Waals surface area contributed by atoms with Gasteiger partial charge in [-0.2, -0.15) is 0 Å². The molecule has 4 rings (SSSR count). The lowest BCUT2D eigenvalue weighted by atomic mass is 10.1. The number of rotatable bonds is 11. The van der Waals surface area contributed by atoms with E-state index in [1.54, 1.807) is 0 Å². The number of aldehydes is 2. The maximum Gasteiger partial charge on any atom is 0.150 e. The summed E-state index contributed by atoms with van der Waals surface area (Å²) in [6.07, 6.45) is 8.59. The molecule has 0 amide bonds. The molecule has 8 heteroatoms. The third-order valence-corrected chi connectivity index (χ3v) is 13.3. The molecule has 2 aromatic carbocycles. The highest BCUT2D eigenvalue weighted by atomic mass is 32.2. The van der Waals surface area contributed by atoms with Gasteiger partial charge in [-0.1, -0.05) is 95.6 Å². The Morgan fingerprint density at radius 2 is 0.944 bits per heavy atom. The first-order chi connectivity index (χ1) is 17.5. The Bertz CT molecular complexity index is 1130. The fourth-order valence-electron chi connectivity index (χ4n) is 3.28. The van der Waals surface area contributed by atoms with Gasteiger partial charge in [-0.05, 0) is 61.5 Å². The lowest BCUT2D eigenvalue weighted by molar-refractivity contribution is 0.111. The van der Waals surface area contributed by atoms with E-state index in [9.17, 15) is 9.59 Å². The summed E-state index contributed by atoms with van der Waals surface area (Å²) >= 11 is 11.4. The predicted molar refractivity (Wildman–Crippen MR) is 170 cm³/mol. The lowest BCUT2D eigenvalue weighted by Crippen LogP contribution is -1.84. The smallest absolute Gasteiger partial charge is 0.150 e. The number of thioether (sulfide) groups is 6. The fraction of sp³-hybridized carbons (Fsp3) is 0.214. The minimum absolute atomic E-state index is 0.712. The quantitative estimate of drug-likeness (QED) is 0.190. The molecule has 2 heterocycles. The van der Waals surface area contributed by atoms with Crippen molar-refractivity contribution in [2.75, 3.05) is 11.5 Å². The van der Waals surface area contributed by atoms with Gasteiger partial charge in [0.1, 0.15) is 12.6 Å². The Morgan fingerprint density at radius 1 is 0.583 bits per heavy atom. The van der Waals surface area contributed by atoms with Crippen LogP contribution in [-0.4, -0.2) is 24.1 Å². The van der Waals surface area contributed by atoms with Gasteiger partial charge in [0, 0.05) is 20.9 Å². The third kappa shape index (κ3) is 8.17. The predicted octanol–water partition coefficient (Wildman–Crippen LogP) is 10.2. The molecular weight excluding hydrogens is 561 g/mol. The number of hydrogen-bond donors (Lipinski definition) is 0. The molecule has 0 unspecified atom stereocenters. The second-order valence-electron chi connectivity index (χ2n) is 8.00. The highest BCUT2D eigenvalue weighted by Crippen LogP contribution is 2.55. The molecule has 0 aromatic heterocycles. The van der Waals surface area contributed by atoms with E-state index < -0.39 is 0 Å². The van der Waals surface area contributed by atoms with E-state index in [-0.39, 0.29) is 0 Å². The minimum Gasteiger partial charge on any atom is -0.298 e. The average Bonchev–Trinajstić information content (AvgIpc) is 3.42. The zero-order chi connectivity index (χ0) is 25.3. The van der Waals surface area contributed by atoms with Gasteiger partial charge in [0.05, 0.1) is 16.9 Å². The van der Waals surface area contributed by atoms with Crippen molar-refractivity contribution in [1.29, 1.82) is 0 Å². The monoisotopic (exact) mass is 586 g/mol. The number of carbonyl (C=O) groups is 2. The van der Waals surface area contributed by atoms with Crippen LogP contribution >= 0.6 is 70.6 Å². The highest BCUT2D eigenvalue weighted by Gasteiger charge is 2.19. The summed E-state index contributed by atoms with van der Waals surface area (Å²) in [6, 6.07) is 15.5. The molecule has 0 bridgehead atoms. The molecule has 0 atom stereocenters. The molecule has 0 saturated heterocycles. The SMILES string of the molecule is CC1=C(SCCCCSC2=C(C)S/C(=C/c3ccc(C=O)cc3)S2)S/C(=C\c2ccc(C=O)cc2)S1. The van der Waals surface area contributed by atoms with Crippen molar-refractivity contribution in [2.45, 2.75) is 26.7 Å². The fourth-order valence-corrected chi connectivity index (χ4v) is 11.5. The number of allylic oxidation sites excluding steroid dienone is 2. The van der Waals surface area contributed by atoms with Crippen LogP contribution in [0.3, 0.4) is 0 Å². The largest absolute Gasteiger partial charge is 0.298 e. The number of benzene rings is 2. The van der Waals surface area contributed by atoms with Crippen molar-refractivity contribution >= 4 is 95.3 Å². The average molecular weight is 587 g/mol. The van der Waals surface area contributed by atoms with Gasteiger partial charge in [-0.25, -0.2) is 0 Å². The topological polar surface area (TPSA) is 34.1 Å². The van der Waals surface area contributed by atoms with Crippen LogP contribution in [0.1, 0.15) is 58.5 Å². The summed E-state index contributed by atoms with van der Waals surface area (Å²) in [5.74, 6) is 2.29. The maximum atomic E-state index is 10.8. The maximum absolute atomic E-state index is 10.8. The zero-order valence-corrected chi connectivity index (χ0v) is 24.9. The Hall–Kier alpha value is -1.16. The first-order valence-corrected chi connectivity index (χ1v) is 16.7. The van der Waals surface area contributed by atoms with Crippen molar-refractivity contribution in [3.05, 3.63) is 97.5 Å². The number of carbonyl (C=O) groups excluding carboxylic acids is 2. The van der Waals surface area contributed by atoms with E-state index >= 15 is 0 Å². The molecule has 2 nitrogen and oxygen atoms in total. The second-order valence-corrected chi connectivity index (χ2v) is 15.9. The van der Waals surface area contributed by atoms with Gasteiger partial charge in [-0.15, -0.1) is 23.5 Å². The first kappa shape index (κ1) is 27.9. The molecule has 36 heavy (non-hydrogen) atoms. The Balaban J connectivity index is 1.15. The van der Waals surface area contributed by atoms with Gasteiger partial charge >= 0.3 is 0 Å². The van der Waals surface area contributed by atoms with E-state index in [1.807, 2.05) is 119 Å². The van der Waals surface area contributed by atoms with Crippen LogP contribution < -0.4 is 0 Å². The van der Waals surface area contributed by atoms with Crippen LogP contribution in [0.2, 0.25) is 0 Å². The summed E-state index contributed by atoms with van der Waals surface area (Å²) in [7, 11) is 0. The van der Waals surface area contributed by atoms with E-state index in [2.05, 4.69) is 26.0 Å². The van der Waals surface area contributed by atoms with Crippen molar-refractivity contribution in [2.24, 2.45) is 0 Å². The number of unbranched alkanes of at least 4 members (excludes halogenated alkanes) is 1. The molecule has 2 aliphatic heterocycles. The molecule has 0 aliphatic carbocycles. The van der Waals surface area contributed by atoms with E-state index in [0.717, 1.165) is 35.2 Å². The van der Waals surface area contributed by atoms with Crippen LogP contribution in [0, 0.1) is 0 Å². The van der Waals surface area contributed by atoms with Crippen molar-refractivity contribution in [1.82, 2.24) is 0 Å². The third-order valence-electron chi connectivity index (χ3n) is 5.19. The molecule has 0 radical (unpaired) electrons. The van der Waals surface area contributed by atoms with Crippen molar-refractivity contribution in [3.63, 3.8) is 0 Å². The van der Waals surface area contributed by atoms with Gasteiger partial charge in [0.15, 0.2) is 0 Å². The van der Waals surface area contributed by atoms with E-state index in [0.29, 0.717) is 11.1 Å². The molecule has 2 aliphatic rings. The zero-order valence-electron chi connectivity index (χ0n) is 20.0. The summed E-state index contributed by atoms with van der Waals surface area (Å²) < 4.78 is 5.43. The van der Waals surface area contributed by atoms with E-state index in [1.165, 1.54) is 39.6 Å². The molecule has 186 valence electrons. The van der Waals surface area contributed by atoms with Crippen LogP contribution in [0.4, 0.5) is 0 Å². The standard InChI is InChI=1S/C28H26O2S6/c1-19-27(35-25(33-19)15-21-5-9-23(17-29)10-6-21)31-13-3-4-14-32-28-20(2)34-26(36-28)16-22-7-11-24(18-30)12-8-22/h5-12,15-18H,3-4,13-14H2,1-2H3/b25-15-,26-16-. The Labute approximate surface area is 239 Å². The van der Waals surface area contributed by atoms with Gasteiger partial charge < -0.3 is 0 Å². The summed E-state index contributed by atoms with van der Waals surface area (Å²) in [4.78, 5) is 24.4.